The van der Waals surface area contributed by atoms with Crippen LogP contribution in [0, 0.1) is 13.8 Å². The molecule has 0 spiro atoms. The van der Waals surface area contributed by atoms with E-state index in [2.05, 4.69) is 20.4 Å². The van der Waals surface area contributed by atoms with Crippen molar-refractivity contribution in [3.05, 3.63) is 35.5 Å². The molecule has 0 amide bonds. The number of nitrogens with zero attached hydrogens (tertiary/aromatic N) is 4. The highest BCUT2D eigenvalue weighted by Gasteiger charge is 2.00. The fraction of sp³-hybridized carbons (Fsp3) is 0.417. The Hall–Kier alpha value is -1.91. The quantitative estimate of drug-likeness (QED) is 0.866. The summed E-state index contributed by atoms with van der Waals surface area (Å²) in [7, 11) is 1.92. The number of hydrogen-bond donors (Lipinski definition) is 1. The number of rotatable bonds is 4. The molecular formula is C12H17N5. The van der Waals surface area contributed by atoms with Crippen molar-refractivity contribution in [3.8, 4) is 0 Å². The standard InChI is InChI=1S/C12H17N5/c1-9-10(2)15-12(8-14-9)13-6-4-11-5-7-17(3)16-11/h5,7-8H,4,6H2,1-3H3,(H,13,15). The molecule has 0 saturated carbocycles. The molecule has 0 fully saturated rings. The third-order valence-corrected chi connectivity index (χ3v) is 2.65. The molecule has 17 heavy (non-hydrogen) atoms. The van der Waals surface area contributed by atoms with Crippen molar-refractivity contribution >= 4 is 5.82 Å². The van der Waals surface area contributed by atoms with Crippen molar-refractivity contribution in [1.82, 2.24) is 19.7 Å². The molecule has 0 unspecified atom stereocenters. The van der Waals surface area contributed by atoms with Crippen molar-refractivity contribution < 1.29 is 0 Å². The molecular weight excluding hydrogens is 214 g/mol. The second kappa shape index (κ2) is 4.95. The average Bonchev–Trinajstić information content (AvgIpc) is 2.70. The Morgan fingerprint density at radius 1 is 1.29 bits per heavy atom. The van der Waals surface area contributed by atoms with Gasteiger partial charge in [0.2, 0.25) is 0 Å². The van der Waals surface area contributed by atoms with Gasteiger partial charge in [-0.3, -0.25) is 9.67 Å². The summed E-state index contributed by atoms with van der Waals surface area (Å²) in [5, 5.41) is 7.56. The molecule has 90 valence electrons. The second-order valence-electron chi connectivity index (χ2n) is 4.08. The van der Waals surface area contributed by atoms with Crippen LogP contribution >= 0.6 is 0 Å². The van der Waals surface area contributed by atoms with E-state index in [1.807, 2.05) is 37.8 Å². The predicted octanol–water partition coefficient (Wildman–Crippen LogP) is 1.48. The highest BCUT2D eigenvalue weighted by molar-refractivity contribution is 5.33. The van der Waals surface area contributed by atoms with Crippen LogP contribution in [0.5, 0.6) is 0 Å². The largest absolute Gasteiger partial charge is 0.368 e. The van der Waals surface area contributed by atoms with E-state index in [0.717, 1.165) is 35.9 Å². The zero-order chi connectivity index (χ0) is 12.3. The van der Waals surface area contributed by atoms with Gasteiger partial charge in [0.15, 0.2) is 0 Å². The lowest BCUT2D eigenvalue weighted by molar-refractivity contribution is 0.741. The predicted molar refractivity (Wildman–Crippen MR) is 66.9 cm³/mol. The van der Waals surface area contributed by atoms with E-state index in [0.29, 0.717) is 0 Å². The topological polar surface area (TPSA) is 55.6 Å². The summed E-state index contributed by atoms with van der Waals surface area (Å²) in [6, 6.07) is 2.02. The molecule has 0 aliphatic rings. The average molecular weight is 231 g/mol. The minimum atomic E-state index is 0.814. The first-order valence-corrected chi connectivity index (χ1v) is 5.68. The van der Waals surface area contributed by atoms with Crippen molar-refractivity contribution in [2.24, 2.45) is 7.05 Å². The summed E-state index contributed by atoms with van der Waals surface area (Å²) in [4.78, 5) is 8.67. The van der Waals surface area contributed by atoms with E-state index in [1.165, 1.54) is 0 Å². The normalized spacial score (nSPS) is 10.5. The van der Waals surface area contributed by atoms with Gasteiger partial charge in [0, 0.05) is 26.2 Å². The van der Waals surface area contributed by atoms with E-state index in [4.69, 9.17) is 0 Å². The van der Waals surface area contributed by atoms with Gasteiger partial charge in [-0.05, 0) is 19.9 Å². The molecule has 2 heterocycles. The van der Waals surface area contributed by atoms with Crippen molar-refractivity contribution in [3.63, 3.8) is 0 Å². The van der Waals surface area contributed by atoms with Crippen LogP contribution in [0.15, 0.2) is 18.5 Å². The number of hydrogen-bond acceptors (Lipinski definition) is 4. The number of aromatic nitrogens is 4. The number of aryl methyl sites for hydroxylation is 3. The van der Waals surface area contributed by atoms with Gasteiger partial charge in [0.1, 0.15) is 5.82 Å². The molecule has 0 aliphatic heterocycles. The maximum absolute atomic E-state index is 4.41. The van der Waals surface area contributed by atoms with E-state index < -0.39 is 0 Å². The lowest BCUT2D eigenvalue weighted by Crippen LogP contribution is -2.08. The molecule has 1 N–H and O–H groups in total. The Morgan fingerprint density at radius 3 is 2.76 bits per heavy atom. The van der Waals surface area contributed by atoms with Crippen LogP contribution in [0.4, 0.5) is 5.82 Å². The Morgan fingerprint density at radius 2 is 2.12 bits per heavy atom. The molecule has 0 bridgehead atoms. The second-order valence-corrected chi connectivity index (χ2v) is 4.08. The van der Waals surface area contributed by atoms with Gasteiger partial charge in [0.25, 0.3) is 0 Å². The lowest BCUT2D eigenvalue weighted by atomic mass is 10.3. The minimum absolute atomic E-state index is 0.814. The van der Waals surface area contributed by atoms with Crippen LogP contribution in [0.3, 0.4) is 0 Å². The Labute approximate surface area is 101 Å². The monoisotopic (exact) mass is 231 g/mol. The lowest BCUT2D eigenvalue weighted by Gasteiger charge is -2.05. The maximum atomic E-state index is 4.41. The SMILES string of the molecule is Cc1ncc(NCCc2ccn(C)n2)nc1C. The van der Waals surface area contributed by atoms with E-state index in [1.54, 1.807) is 6.20 Å². The fourth-order valence-electron chi connectivity index (χ4n) is 1.54. The summed E-state index contributed by atoms with van der Waals surface area (Å²) in [5.41, 5.74) is 3.02. The van der Waals surface area contributed by atoms with Crippen LogP contribution in [0.2, 0.25) is 0 Å². The van der Waals surface area contributed by atoms with Gasteiger partial charge < -0.3 is 5.32 Å². The zero-order valence-electron chi connectivity index (χ0n) is 10.4. The third-order valence-electron chi connectivity index (χ3n) is 2.65. The molecule has 2 aromatic rings. The van der Waals surface area contributed by atoms with Crippen LogP contribution < -0.4 is 5.32 Å². The third kappa shape index (κ3) is 3.03. The molecule has 2 aromatic heterocycles. The smallest absolute Gasteiger partial charge is 0.144 e. The van der Waals surface area contributed by atoms with E-state index in [9.17, 15) is 0 Å². The first-order chi connectivity index (χ1) is 8.15. The summed E-state index contributed by atoms with van der Waals surface area (Å²) in [6.07, 6.45) is 4.60. The van der Waals surface area contributed by atoms with Crippen molar-refractivity contribution in [2.75, 3.05) is 11.9 Å². The minimum Gasteiger partial charge on any atom is -0.368 e. The molecule has 0 atom stereocenters. The Bertz CT molecular complexity index is 503. The molecule has 0 aliphatic carbocycles. The molecule has 0 radical (unpaired) electrons. The van der Waals surface area contributed by atoms with Gasteiger partial charge in [0.05, 0.1) is 23.3 Å². The van der Waals surface area contributed by atoms with Crippen LogP contribution in [0.1, 0.15) is 17.1 Å². The van der Waals surface area contributed by atoms with Crippen molar-refractivity contribution in [2.45, 2.75) is 20.3 Å². The number of anilines is 1. The Kier molecular flexibility index (Phi) is 3.37. The summed E-state index contributed by atoms with van der Waals surface area (Å²) in [6.45, 7) is 4.74. The van der Waals surface area contributed by atoms with E-state index in [-0.39, 0.29) is 0 Å². The Balaban J connectivity index is 1.87. The van der Waals surface area contributed by atoms with E-state index >= 15 is 0 Å². The van der Waals surface area contributed by atoms with Gasteiger partial charge in [-0.25, -0.2) is 4.98 Å². The summed E-state index contributed by atoms with van der Waals surface area (Å²) < 4.78 is 1.81. The number of nitrogens with one attached hydrogen (secondary N) is 1. The van der Waals surface area contributed by atoms with Gasteiger partial charge in [-0.1, -0.05) is 0 Å². The fourth-order valence-corrected chi connectivity index (χ4v) is 1.54. The zero-order valence-corrected chi connectivity index (χ0v) is 10.4. The first-order valence-electron chi connectivity index (χ1n) is 5.68. The highest BCUT2D eigenvalue weighted by Crippen LogP contribution is 2.05. The molecule has 5 nitrogen and oxygen atoms in total. The van der Waals surface area contributed by atoms with Gasteiger partial charge in [-0.15, -0.1) is 0 Å². The summed E-state index contributed by atoms with van der Waals surface area (Å²) in [5.74, 6) is 0.823. The van der Waals surface area contributed by atoms with Crippen LogP contribution in [0.25, 0.3) is 0 Å². The first kappa shape index (κ1) is 11.6. The van der Waals surface area contributed by atoms with Gasteiger partial charge >= 0.3 is 0 Å². The molecule has 5 heteroatoms. The molecule has 2 rings (SSSR count). The molecule has 0 saturated heterocycles. The van der Waals surface area contributed by atoms with Crippen LogP contribution in [-0.4, -0.2) is 26.3 Å². The highest BCUT2D eigenvalue weighted by atomic mass is 15.2. The van der Waals surface area contributed by atoms with Crippen molar-refractivity contribution in [1.29, 1.82) is 0 Å². The maximum Gasteiger partial charge on any atom is 0.144 e. The van der Waals surface area contributed by atoms with Gasteiger partial charge in [-0.2, -0.15) is 5.10 Å². The summed E-state index contributed by atoms with van der Waals surface area (Å²) >= 11 is 0. The van der Waals surface area contributed by atoms with Crippen LogP contribution in [-0.2, 0) is 13.5 Å². The molecule has 0 aromatic carbocycles.